The zero-order valence-electron chi connectivity index (χ0n) is 7.85. The molecule has 0 heterocycles. The summed E-state index contributed by atoms with van der Waals surface area (Å²) in [5, 5.41) is 0. The predicted octanol–water partition coefficient (Wildman–Crippen LogP) is 3.08. The molecule has 4 atom stereocenters. The molecule has 0 nitrogen and oxygen atoms in total. The minimum atomic E-state index is 0.735. The molecular weight excluding hydrogens is 132 g/mol. The van der Waals surface area contributed by atoms with Crippen molar-refractivity contribution >= 4 is 0 Å². The Morgan fingerprint density at radius 2 is 1.82 bits per heavy atom. The first-order chi connectivity index (χ1) is 5.06. The Kier molecular flexibility index (Phi) is 0.832. The summed E-state index contributed by atoms with van der Waals surface area (Å²) in [4.78, 5) is 0. The van der Waals surface area contributed by atoms with Gasteiger partial charge in [0.25, 0.3) is 0 Å². The molecule has 62 valence electrons. The molecule has 3 rings (SSSR count). The van der Waals surface area contributed by atoms with Gasteiger partial charge in [-0.25, -0.2) is 0 Å². The Balaban J connectivity index is 1.90. The van der Waals surface area contributed by atoms with Crippen LogP contribution < -0.4 is 0 Å². The van der Waals surface area contributed by atoms with E-state index >= 15 is 0 Å². The Hall–Kier alpha value is 0. The molecule has 0 aromatic heterocycles. The summed E-state index contributed by atoms with van der Waals surface area (Å²) in [5.74, 6) is 3.38. The first-order valence-electron chi connectivity index (χ1n) is 5.06. The predicted molar refractivity (Wildman–Crippen MR) is 46.2 cm³/mol. The average molecular weight is 150 g/mol. The van der Waals surface area contributed by atoms with E-state index in [0.717, 1.165) is 28.6 Å². The zero-order chi connectivity index (χ0) is 7.85. The highest BCUT2D eigenvalue weighted by atomic mass is 14.8. The average Bonchev–Trinajstić information content (AvgIpc) is 2.69. The molecule has 0 spiro atoms. The summed E-state index contributed by atoms with van der Waals surface area (Å²) in [6, 6.07) is 0. The van der Waals surface area contributed by atoms with Gasteiger partial charge < -0.3 is 0 Å². The number of fused-ring (bicyclic) bond motifs is 3. The summed E-state index contributed by atoms with van der Waals surface area (Å²) in [6.07, 6.45) is 4.62. The molecule has 3 aliphatic carbocycles. The van der Waals surface area contributed by atoms with Crippen LogP contribution in [0.4, 0.5) is 0 Å². The maximum absolute atomic E-state index is 2.50. The molecule has 0 N–H and O–H groups in total. The van der Waals surface area contributed by atoms with Crippen molar-refractivity contribution in [2.45, 2.75) is 40.0 Å². The second-order valence-corrected chi connectivity index (χ2v) is 5.96. The molecule has 3 aliphatic rings. The Labute approximate surface area is 69.4 Å². The van der Waals surface area contributed by atoms with Crippen molar-refractivity contribution in [1.82, 2.24) is 0 Å². The summed E-state index contributed by atoms with van der Waals surface area (Å²) in [6.45, 7) is 7.46. The van der Waals surface area contributed by atoms with E-state index in [9.17, 15) is 0 Å². The van der Waals surface area contributed by atoms with Gasteiger partial charge in [-0.3, -0.25) is 0 Å². The van der Waals surface area contributed by atoms with Crippen LogP contribution in [0.15, 0.2) is 0 Å². The Morgan fingerprint density at radius 1 is 1.09 bits per heavy atom. The molecule has 11 heavy (non-hydrogen) atoms. The van der Waals surface area contributed by atoms with Crippen molar-refractivity contribution in [2.24, 2.45) is 28.6 Å². The lowest BCUT2D eigenvalue weighted by molar-refractivity contribution is 0.350. The van der Waals surface area contributed by atoms with E-state index in [1.54, 1.807) is 6.42 Å². The normalized spacial score (nSPS) is 63.0. The molecule has 0 aliphatic heterocycles. The van der Waals surface area contributed by atoms with Gasteiger partial charge in [0.05, 0.1) is 0 Å². The highest BCUT2D eigenvalue weighted by Crippen LogP contribution is 2.79. The maximum Gasteiger partial charge on any atom is -0.0289 e. The molecule has 0 aromatic carbocycles. The van der Waals surface area contributed by atoms with Crippen LogP contribution in [0.1, 0.15) is 40.0 Å². The Bertz CT molecular complexity index is 216. The highest BCUT2D eigenvalue weighted by molar-refractivity contribution is 5.20. The number of hydrogen-bond donors (Lipinski definition) is 0. The standard InChI is InChI=1S/C11H18/c1-10(2)7-4-5-11(3)6-8(11)9(7)10/h7-9H,4-6H2,1-3H3. The summed E-state index contributed by atoms with van der Waals surface area (Å²) in [7, 11) is 0. The molecule has 0 aromatic rings. The minimum absolute atomic E-state index is 0.735. The van der Waals surface area contributed by atoms with Crippen LogP contribution in [0, 0.1) is 28.6 Å². The van der Waals surface area contributed by atoms with Gasteiger partial charge in [0.1, 0.15) is 0 Å². The SMILES string of the molecule is CC12CCC3C(C1C2)C3(C)C. The van der Waals surface area contributed by atoms with E-state index in [2.05, 4.69) is 20.8 Å². The van der Waals surface area contributed by atoms with Gasteiger partial charge in [0.15, 0.2) is 0 Å². The van der Waals surface area contributed by atoms with E-state index in [1.807, 2.05) is 0 Å². The quantitative estimate of drug-likeness (QED) is 0.498. The molecule has 4 unspecified atom stereocenters. The van der Waals surface area contributed by atoms with Crippen LogP contribution in [0.3, 0.4) is 0 Å². The molecular formula is C11H18. The second kappa shape index (κ2) is 1.41. The molecule has 3 saturated carbocycles. The fourth-order valence-corrected chi connectivity index (χ4v) is 3.91. The van der Waals surface area contributed by atoms with Gasteiger partial charge in [-0.15, -0.1) is 0 Å². The van der Waals surface area contributed by atoms with E-state index in [-0.39, 0.29) is 0 Å². The largest absolute Gasteiger partial charge is 0.0594 e. The van der Waals surface area contributed by atoms with E-state index in [0.29, 0.717) is 0 Å². The van der Waals surface area contributed by atoms with Gasteiger partial charge in [0.2, 0.25) is 0 Å². The number of hydrogen-bond acceptors (Lipinski definition) is 0. The lowest BCUT2D eigenvalue weighted by atomic mass is 9.90. The van der Waals surface area contributed by atoms with Crippen molar-refractivity contribution in [1.29, 1.82) is 0 Å². The number of rotatable bonds is 0. The molecule has 0 bridgehead atoms. The van der Waals surface area contributed by atoms with Crippen molar-refractivity contribution < 1.29 is 0 Å². The van der Waals surface area contributed by atoms with E-state index < -0.39 is 0 Å². The van der Waals surface area contributed by atoms with Crippen LogP contribution in [0.2, 0.25) is 0 Å². The lowest BCUT2D eigenvalue weighted by Gasteiger charge is -2.14. The zero-order valence-corrected chi connectivity index (χ0v) is 7.85. The summed E-state index contributed by atoms with van der Waals surface area (Å²) in [5.41, 5.74) is 1.55. The highest BCUT2D eigenvalue weighted by Gasteiger charge is 2.72. The lowest BCUT2D eigenvalue weighted by Crippen LogP contribution is -2.06. The monoisotopic (exact) mass is 150 g/mol. The first-order valence-corrected chi connectivity index (χ1v) is 5.06. The van der Waals surface area contributed by atoms with Gasteiger partial charge in [0, 0.05) is 0 Å². The molecule has 0 radical (unpaired) electrons. The van der Waals surface area contributed by atoms with E-state index in [1.165, 1.54) is 12.8 Å². The smallest absolute Gasteiger partial charge is 0.0289 e. The molecule has 3 fully saturated rings. The third kappa shape index (κ3) is 0.588. The van der Waals surface area contributed by atoms with Gasteiger partial charge in [-0.05, 0) is 47.8 Å². The van der Waals surface area contributed by atoms with Crippen LogP contribution in [-0.4, -0.2) is 0 Å². The fraction of sp³-hybridized carbons (Fsp3) is 1.00. The third-order valence-corrected chi connectivity index (χ3v) is 5.02. The fourth-order valence-electron chi connectivity index (χ4n) is 3.91. The van der Waals surface area contributed by atoms with E-state index in [4.69, 9.17) is 0 Å². The minimum Gasteiger partial charge on any atom is -0.0594 e. The van der Waals surface area contributed by atoms with Gasteiger partial charge in [-0.2, -0.15) is 0 Å². The second-order valence-electron chi connectivity index (χ2n) is 5.96. The summed E-state index contributed by atoms with van der Waals surface area (Å²) >= 11 is 0. The van der Waals surface area contributed by atoms with Gasteiger partial charge >= 0.3 is 0 Å². The van der Waals surface area contributed by atoms with Crippen molar-refractivity contribution in [2.75, 3.05) is 0 Å². The van der Waals surface area contributed by atoms with Crippen molar-refractivity contribution in [3.8, 4) is 0 Å². The Morgan fingerprint density at radius 3 is 2.45 bits per heavy atom. The van der Waals surface area contributed by atoms with Crippen LogP contribution in [-0.2, 0) is 0 Å². The van der Waals surface area contributed by atoms with Crippen molar-refractivity contribution in [3.63, 3.8) is 0 Å². The van der Waals surface area contributed by atoms with Crippen LogP contribution >= 0.6 is 0 Å². The molecule has 0 saturated heterocycles. The maximum atomic E-state index is 2.50. The van der Waals surface area contributed by atoms with Crippen molar-refractivity contribution in [3.05, 3.63) is 0 Å². The van der Waals surface area contributed by atoms with Gasteiger partial charge in [-0.1, -0.05) is 20.8 Å². The molecule has 0 amide bonds. The molecule has 0 heteroatoms. The van der Waals surface area contributed by atoms with Crippen LogP contribution in [0.5, 0.6) is 0 Å². The third-order valence-electron chi connectivity index (χ3n) is 5.02. The van der Waals surface area contributed by atoms with Crippen LogP contribution in [0.25, 0.3) is 0 Å². The topological polar surface area (TPSA) is 0 Å². The first kappa shape index (κ1) is 6.51. The summed E-state index contributed by atoms with van der Waals surface area (Å²) < 4.78 is 0.